The summed E-state index contributed by atoms with van der Waals surface area (Å²) >= 11 is 1.52. The second-order valence-corrected chi connectivity index (χ2v) is 8.30. The molecule has 0 spiro atoms. The van der Waals surface area contributed by atoms with Crippen LogP contribution < -0.4 is 10.2 Å². The van der Waals surface area contributed by atoms with Crippen LogP contribution in [-0.2, 0) is 4.79 Å². The highest BCUT2D eigenvalue weighted by Gasteiger charge is 2.26. The maximum absolute atomic E-state index is 12.8. The molecule has 5 rings (SSSR count). The summed E-state index contributed by atoms with van der Waals surface area (Å²) in [6.07, 6.45) is 6.13. The molecule has 0 aliphatic carbocycles. The highest BCUT2D eigenvalue weighted by molar-refractivity contribution is 7.22. The van der Waals surface area contributed by atoms with Gasteiger partial charge < -0.3 is 10.2 Å². The molecule has 0 radical (unpaired) electrons. The van der Waals surface area contributed by atoms with Crippen LogP contribution in [0.4, 0.5) is 10.9 Å². The van der Waals surface area contributed by atoms with Gasteiger partial charge in [-0.05, 0) is 31.4 Å². The molecule has 1 aromatic carbocycles. The number of benzene rings is 1. The second-order valence-electron chi connectivity index (χ2n) is 7.27. The van der Waals surface area contributed by atoms with E-state index in [4.69, 9.17) is 0 Å². The smallest absolute Gasteiger partial charge is 0.229 e. The first-order valence-electron chi connectivity index (χ1n) is 9.76. The number of hydrogen-bond acceptors (Lipinski definition) is 8. The van der Waals surface area contributed by atoms with Crippen molar-refractivity contribution in [1.29, 1.82) is 0 Å². The Morgan fingerprint density at radius 2 is 2.00 bits per heavy atom. The number of fused-ring (bicyclic) bond motifs is 1. The Hall–Kier alpha value is -3.40. The van der Waals surface area contributed by atoms with E-state index in [1.807, 2.05) is 31.2 Å². The van der Waals surface area contributed by atoms with Crippen molar-refractivity contribution in [3.63, 3.8) is 0 Å². The maximum Gasteiger partial charge on any atom is 0.229 e. The molecule has 1 aliphatic heterocycles. The number of aryl methyl sites for hydroxylation is 1. The van der Waals surface area contributed by atoms with Crippen molar-refractivity contribution in [3.8, 4) is 5.82 Å². The number of rotatable bonds is 4. The first kappa shape index (κ1) is 18.6. The zero-order valence-electron chi connectivity index (χ0n) is 16.4. The average molecular weight is 421 g/mol. The molecule has 0 saturated carbocycles. The number of hydrogen-bond donors (Lipinski definition) is 1. The predicted octanol–water partition coefficient (Wildman–Crippen LogP) is 2.83. The topological polar surface area (TPSA) is 102 Å². The minimum atomic E-state index is -0.0361. The zero-order valence-corrected chi connectivity index (χ0v) is 17.2. The minimum absolute atomic E-state index is 0.0361. The lowest BCUT2D eigenvalue weighted by Gasteiger charge is -2.32. The van der Waals surface area contributed by atoms with Crippen molar-refractivity contribution in [2.45, 2.75) is 19.8 Å². The largest absolute Gasteiger partial charge is 0.356 e. The maximum atomic E-state index is 12.8. The fourth-order valence-corrected chi connectivity index (χ4v) is 4.63. The second kappa shape index (κ2) is 7.79. The molecule has 152 valence electrons. The van der Waals surface area contributed by atoms with E-state index in [0.29, 0.717) is 10.9 Å². The highest BCUT2D eigenvalue weighted by atomic mass is 32.1. The predicted molar refractivity (Wildman–Crippen MR) is 115 cm³/mol. The average Bonchev–Trinajstić information content (AvgIpc) is 3.45. The summed E-state index contributed by atoms with van der Waals surface area (Å²) in [6, 6.07) is 7.96. The Balaban J connectivity index is 1.23. The van der Waals surface area contributed by atoms with Gasteiger partial charge in [-0.1, -0.05) is 23.5 Å². The lowest BCUT2D eigenvalue weighted by molar-refractivity contribution is -0.120. The summed E-state index contributed by atoms with van der Waals surface area (Å²) in [7, 11) is 0. The molecule has 30 heavy (non-hydrogen) atoms. The summed E-state index contributed by atoms with van der Waals surface area (Å²) < 4.78 is 2.69. The van der Waals surface area contributed by atoms with Crippen LogP contribution in [-0.4, -0.2) is 48.7 Å². The zero-order chi connectivity index (χ0) is 20.5. The number of piperidine rings is 1. The summed E-state index contributed by atoms with van der Waals surface area (Å²) in [4.78, 5) is 32.1. The van der Waals surface area contributed by atoms with Crippen LogP contribution in [0.25, 0.3) is 16.0 Å². The van der Waals surface area contributed by atoms with E-state index in [1.165, 1.54) is 24.0 Å². The van der Waals surface area contributed by atoms with E-state index in [2.05, 4.69) is 35.3 Å². The van der Waals surface area contributed by atoms with Crippen LogP contribution >= 0.6 is 11.3 Å². The van der Waals surface area contributed by atoms with E-state index < -0.39 is 0 Å². The molecule has 1 amide bonds. The summed E-state index contributed by atoms with van der Waals surface area (Å²) in [5.41, 5.74) is 2.08. The first-order valence-corrected chi connectivity index (χ1v) is 10.6. The van der Waals surface area contributed by atoms with Crippen molar-refractivity contribution < 1.29 is 4.79 Å². The van der Waals surface area contributed by atoms with E-state index in [0.717, 1.165) is 47.5 Å². The highest BCUT2D eigenvalue weighted by Crippen LogP contribution is 2.29. The van der Waals surface area contributed by atoms with Crippen LogP contribution in [0.3, 0.4) is 0 Å². The van der Waals surface area contributed by atoms with E-state index in [-0.39, 0.29) is 11.8 Å². The Labute approximate surface area is 176 Å². The Kier molecular flexibility index (Phi) is 4.83. The SMILES string of the molecule is Cc1cccc2sc(NC(=O)C3CCN(c4cc(-n5cncn5)ncn4)CC3)nc12. The number of carbonyl (C=O) groups excluding carboxylic acids is 1. The van der Waals surface area contributed by atoms with Gasteiger partial charge in [-0.25, -0.2) is 24.6 Å². The third-order valence-corrected chi connectivity index (χ3v) is 6.27. The molecular weight excluding hydrogens is 400 g/mol. The van der Waals surface area contributed by atoms with Gasteiger partial charge in [-0.15, -0.1) is 0 Å². The quantitative estimate of drug-likeness (QED) is 0.542. The molecule has 0 unspecified atom stereocenters. The third kappa shape index (κ3) is 3.61. The number of aromatic nitrogens is 6. The van der Waals surface area contributed by atoms with Gasteiger partial charge in [0, 0.05) is 25.1 Å². The Morgan fingerprint density at radius 3 is 2.77 bits per heavy atom. The molecular formula is C20H20N8OS. The standard InChI is InChI=1S/C20H20N8OS/c1-13-3-2-4-15-18(13)25-20(30-15)26-19(29)14-5-7-27(8-6-14)16-9-17(23-11-22-16)28-12-21-10-24-28/h2-4,9-12,14H,5-8H2,1H3,(H,25,26,29). The van der Waals surface area contributed by atoms with Crippen molar-refractivity contribution in [2.24, 2.45) is 5.92 Å². The lowest BCUT2D eigenvalue weighted by Crippen LogP contribution is -2.38. The fraction of sp³-hybridized carbons (Fsp3) is 0.300. The summed E-state index contributed by atoms with van der Waals surface area (Å²) in [5.74, 6) is 1.50. The van der Waals surface area contributed by atoms with Gasteiger partial charge in [-0.2, -0.15) is 5.10 Å². The van der Waals surface area contributed by atoms with Crippen molar-refractivity contribution in [2.75, 3.05) is 23.3 Å². The molecule has 1 N–H and O–H groups in total. The van der Waals surface area contributed by atoms with Crippen LogP contribution in [0.5, 0.6) is 0 Å². The number of nitrogens with one attached hydrogen (secondary N) is 1. The fourth-order valence-electron chi connectivity index (χ4n) is 3.68. The van der Waals surface area contributed by atoms with Crippen LogP contribution in [0.15, 0.2) is 43.2 Å². The molecule has 1 fully saturated rings. The van der Waals surface area contributed by atoms with Crippen molar-refractivity contribution >= 4 is 38.4 Å². The van der Waals surface area contributed by atoms with E-state index in [9.17, 15) is 4.79 Å². The third-order valence-electron chi connectivity index (χ3n) is 5.33. The number of thiazole rings is 1. The Morgan fingerprint density at radius 1 is 1.17 bits per heavy atom. The van der Waals surface area contributed by atoms with E-state index >= 15 is 0 Å². The van der Waals surface area contributed by atoms with Gasteiger partial charge in [0.25, 0.3) is 0 Å². The molecule has 3 aromatic heterocycles. The molecule has 0 atom stereocenters. The Bertz CT molecular complexity index is 1180. The lowest BCUT2D eigenvalue weighted by atomic mass is 9.96. The van der Waals surface area contributed by atoms with Crippen LogP contribution in [0.2, 0.25) is 0 Å². The van der Waals surface area contributed by atoms with Gasteiger partial charge in [-0.3, -0.25) is 4.79 Å². The van der Waals surface area contributed by atoms with E-state index in [1.54, 1.807) is 11.0 Å². The van der Waals surface area contributed by atoms with Gasteiger partial charge in [0.1, 0.15) is 24.8 Å². The normalized spacial score (nSPS) is 14.9. The summed E-state index contributed by atoms with van der Waals surface area (Å²) in [6.45, 7) is 3.54. The summed E-state index contributed by atoms with van der Waals surface area (Å²) in [5, 5.41) is 7.79. The molecule has 4 aromatic rings. The van der Waals surface area contributed by atoms with Gasteiger partial charge in [0.15, 0.2) is 10.9 Å². The van der Waals surface area contributed by atoms with Crippen molar-refractivity contribution in [3.05, 3.63) is 48.8 Å². The first-order chi connectivity index (χ1) is 14.7. The molecule has 4 heterocycles. The number of nitrogens with zero attached hydrogens (tertiary/aromatic N) is 7. The number of anilines is 2. The minimum Gasteiger partial charge on any atom is -0.356 e. The number of amides is 1. The van der Waals surface area contributed by atoms with Gasteiger partial charge >= 0.3 is 0 Å². The van der Waals surface area contributed by atoms with Crippen molar-refractivity contribution in [1.82, 2.24) is 29.7 Å². The molecule has 10 heteroatoms. The number of para-hydroxylation sites is 1. The molecule has 9 nitrogen and oxygen atoms in total. The molecule has 0 bridgehead atoms. The van der Waals surface area contributed by atoms with Crippen LogP contribution in [0, 0.1) is 12.8 Å². The molecule has 1 saturated heterocycles. The van der Waals surface area contributed by atoms with Gasteiger partial charge in [0.2, 0.25) is 5.91 Å². The molecule has 1 aliphatic rings. The number of carbonyl (C=O) groups is 1. The monoisotopic (exact) mass is 420 g/mol. The van der Waals surface area contributed by atoms with Crippen LogP contribution in [0.1, 0.15) is 18.4 Å². The van der Waals surface area contributed by atoms with Gasteiger partial charge in [0.05, 0.1) is 10.2 Å².